The molecule has 0 fully saturated rings. The van der Waals surface area contributed by atoms with Gasteiger partial charge in [-0.25, -0.2) is 4.68 Å². The number of H-pyrrole nitrogens is 1. The molecule has 0 saturated heterocycles. The number of nitrogens with one attached hydrogen (secondary N) is 2. The van der Waals surface area contributed by atoms with E-state index in [2.05, 4.69) is 15.4 Å². The van der Waals surface area contributed by atoms with Crippen molar-refractivity contribution in [1.82, 2.24) is 20.1 Å². The normalized spacial score (nSPS) is 10.8. The van der Waals surface area contributed by atoms with Crippen molar-refractivity contribution >= 4 is 16.8 Å². The number of carbonyl (C=O) groups is 1. The zero-order valence-electron chi connectivity index (χ0n) is 12.9. The first-order valence-corrected chi connectivity index (χ1v) is 7.50. The number of para-hydroxylation sites is 1. The first-order chi connectivity index (χ1) is 11.1. The highest BCUT2D eigenvalue weighted by atomic mass is 16.1. The summed E-state index contributed by atoms with van der Waals surface area (Å²) in [6.45, 7) is 2.56. The summed E-state index contributed by atoms with van der Waals surface area (Å²) in [5.41, 5.74) is 2.59. The fourth-order valence-electron chi connectivity index (χ4n) is 2.53. The summed E-state index contributed by atoms with van der Waals surface area (Å²) in [6, 6.07) is 11.0. The molecule has 0 radical (unpaired) electrons. The summed E-state index contributed by atoms with van der Waals surface area (Å²) >= 11 is 0. The summed E-state index contributed by atoms with van der Waals surface area (Å²) < 4.78 is 1.36. The number of carbonyl (C=O) groups excluding carboxylic acids is 1. The lowest BCUT2D eigenvalue weighted by molar-refractivity contribution is -0.120. The minimum atomic E-state index is -0.165. The van der Waals surface area contributed by atoms with Crippen molar-refractivity contribution in [1.29, 1.82) is 0 Å². The smallest absolute Gasteiger partial charge is 0.266 e. The van der Waals surface area contributed by atoms with Gasteiger partial charge in [0, 0.05) is 29.7 Å². The average Bonchev–Trinajstić information content (AvgIpc) is 2.94. The molecule has 1 aromatic carbocycles. The van der Waals surface area contributed by atoms with E-state index in [0.717, 1.165) is 22.2 Å². The van der Waals surface area contributed by atoms with E-state index in [1.165, 1.54) is 10.7 Å². The molecule has 2 aromatic heterocycles. The lowest BCUT2D eigenvalue weighted by Gasteiger charge is -2.07. The number of hydrogen-bond acceptors (Lipinski definition) is 3. The van der Waals surface area contributed by atoms with Gasteiger partial charge in [-0.2, -0.15) is 5.10 Å². The van der Waals surface area contributed by atoms with E-state index in [0.29, 0.717) is 19.5 Å². The Morgan fingerprint density at radius 2 is 2.09 bits per heavy atom. The summed E-state index contributed by atoms with van der Waals surface area (Å²) in [4.78, 5) is 26.9. The van der Waals surface area contributed by atoms with Crippen LogP contribution in [0.3, 0.4) is 0 Å². The van der Waals surface area contributed by atoms with Crippen LogP contribution in [0.5, 0.6) is 0 Å². The molecule has 3 aromatic rings. The van der Waals surface area contributed by atoms with Gasteiger partial charge in [-0.05, 0) is 24.6 Å². The molecule has 0 saturated carbocycles. The fourth-order valence-corrected chi connectivity index (χ4v) is 2.53. The van der Waals surface area contributed by atoms with E-state index < -0.39 is 0 Å². The molecule has 1 amide bonds. The van der Waals surface area contributed by atoms with Crippen LogP contribution in [-0.2, 0) is 17.8 Å². The van der Waals surface area contributed by atoms with Crippen LogP contribution in [0.25, 0.3) is 10.9 Å². The highest BCUT2D eigenvalue weighted by Crippen LogP contribution is 2.17. The highest BCUT2D eigenvalue weighted by molar-refractivity contribution is 5.88. The second kappa shape index (κ2) is 6.48. The van der Waals surface area contributed by atoms with Crippen LogP contribution in [0.15, 0.2) is 47.4 Å². The molecule has 6 heteroatoms. The van der Waals surface area contributed by atoms with Gasteiger partial charge in [-0.1, -0.05) is 18.2 Å². The van der Waals surface area contributed by atoms with Gasteiger partial charge in [0.15, 0.2) is 0 Å². The monoisotopic (exact) mass is 310 g/mol. The maximum Gasteiger partial charge on any atom is 0.266 e. The second-order valence-corrected chi connectivity index (χ2v) is 5.42. The number of aryl methyl sites for hydroxylation is 1. The standard InChI is InChI=1S/C17H18N4O2/c1-12-6-7-17(23)21(20-12)9-8-18-16(22)10-13-11-19-15-5-3-2-4-14(13)15/h2-7,11,19H,8-10H2,1H3,(H,18,22). The predicted molar refractivity (Wildman–Crippen MR) is 88.2 cm³/mol. The minimum absolute atomic E-state index is 0.0737. The van der Waals surface area contributed by atoms with Crippen molar-refractivity contribution in [3.8, 4) is 0 Å². The third kappa shape index (κ3) is 3.48. The predicted octanol–water partition coefficient (Wildman–Crippen LogP) is 1.39. The van der Waals surface area contributed by atoms with Crippen molar-refractivity contribution < 1.29 is 4.79 Å². The van der Waals surface area contributed by atoms with Gasteiger partial charge >= 0.3 is 0 Å². The first-order valence-electron chi connectivity index (χ1n) is 7.50. The Bertz CT molecular complexity index is 895. The molecule has 0 aliphatic rings. The van der Waals surface area contributed by atoms with Gasteiger partial charge in [0.05, 0.1) is 18.7 Å². The minimum Gasteiger partial charge on any atom is -0.361 e. The van der Waals surface area contributed by atoms with E-state index in [4.69, 9.17) is 0 Å². The molecule has 6 nitrogen and oxygen atoms in total. The molecule has 2 heterocycles. The maximum absolute atomic E-state index is 12.1. The van der Waals surface area contributed by atoms with Crippen LogP contribution in [0, 0.1) is 6.92 Å². The molecule has 0 bridgehead atoms. The number of rotatable bonds is 5. The number of aromatic nitrogens is 3. The molecule has 0 aliphatic carbocycles. The van der Waals surface area contributed by atoms with Crippen molar-refractivity contribution in [3.05, 3.63) is 64.2 Å². The van der Waals surface area contributed by atoms with Gasteiger partial charge in [-0.3, -0.25) is 9.59 Å². The van der Waals surface area contributed by atoms with Crippen LogP contribution in [0.4, 0.5) is 0 Å². The van der Waals surface area contributed by atoms with Crippen molar-refractivity contribution in [2.24, 2.45) is 0 Å². The Kier molecular flexibility index (Phi) is 4.23. The molecule has 0 aliphatic heterocycles. The third-order valence-corrected chi connectivity index (χ3v) is 3.67. The quantitative estimate of drug-likeness (QED) is 0.747. The average molecular weight is 310 g/mol. The first kappa shape index (κ1) is 15.0. The molecular weight excluding hydrogens is 292 g/mol. The summed E-state index contributed by atoms with van der Waals surface area (Å²) in [6.07, 6.45) is 2.16. The highest BCUT2D eigenvalue weighted by Gasteiger charge is 2.08. The van der Waals surface area contributed by atoms with Crippen LogP contribution >= 0.6 is 0 Å². The zero-order valence-corrected chi connectivity index (χ0v) is 12.9. The zero-order chi connectivity index (χ0) is 16.2. The van der Waals surface area contributed by atoms with Gasteiger partial charge in [-0.15, -0.1) is 0 Å². The van der Waals surface area contributed by atoms with E-state index in [9.17, 15) is 9.59 Å². The number of hydrogen-bond donors (Lipinski definition) is 2. The topological polar surface area (TPSA) is 79.8 Å². The van der Waals surface area contributed by atoms with Gasteiger partial charge in [0.2, 0.25) is 5.91 Å². The molecule has 0 spiro atoms. The van der Waals surface area contributed by atoms with E-state index in [-0.39, 0.29) is 11.5 Å². The van der Waals surface area contributed by atoms with Crippen LogP contribution in [0.1, 0.15) is 11.3 Å². The van der Waals surface area contributed by atoms with E-state index in [1.807, 2.05) is 37.4 Å². The van der Waals surface area contributed by atoms with Gasteiger partial charge in [0.25, 0.3) is 5.56 Å². The summed E-state index contributed by atoms with van der Waals surface area (Å²) in [5.74, 6) is -0.0737. The van der Waals surface area contributed by atoms with Crippen molar-refractivity contribution in [3.63, 3.8) is 0 Å². The van der Waals surface area contributed by atoms with Gasteiger partial charge in [0.1, 0.15) is 0 Å². The Balaban J connectivity index is 1.58. The van der Waals surface area contributed by atoms with Crippen LogP contribution < -0.4 is 10.9 Å². The SMILES string of the molecule is Cc1ccc(=O)n(CCNC(=O)Cc2c[nH]c3ccccc23)n1. The maximum atomic E-state index is 12.1. The largest absolute Gasteiger partial charge is 0.361 e. The van der Waals surface area contributed by atoms with E-state index in [1.54, 1.807) is 6.07 Å². The summed E-state index contributed by atoms with van der Waals surface area (Å²) in [5, 5.41) is 8.02. The Hall–Kier alpha value is -2.89. The number of fused-ring (bicyclic) bond motifs is 1. The van der Waals surface area contributed by atoms with Gasteiger partial charge < -0.3 is 10.3 Å². The Morgan fingerprint density at radius 3 is 2.96 bits per heavy atom. The summed E-state index contributed by atoms with van der Waals surface area (Å²) in [7, 11) is 0. The molecule has 23 heavy (non-hydrogen) atoms. The lowest BCUT2D eigenvalue weighted by Crippen LogP contribution is -2.32. The van der Waals surface area contributed by atoms with Crippen LogP contribution in [0.2, 0.25) is 0 Å². The van der Waals surface area contributed by atoms with Crippen molar-refractivity contribution in [2.45, 2.75) is 19.9 Å². The Labute approximate surface area is 133 Å². The lowest BCUT2D eigenvalue weighted by atomic mass is 10.1. The molecule has 2 N–H and O–H groups in total. The molecular formula is C17H18N4O2. The number of nitrogens with zero attached hydrogens (tertiary/aromatic N) is 2. The molecule has 3 rings (SSSR count). The van der Waals surface area contributed by atoms with E-state index >= 15 is 0 Å². The third-order valence-electron chi connectivity index (χ3n) is 3.67. The number of amides is 1. The Morgan fingerprint density at radius 1 is 1.26 bits per heavy atom. The fraction of sp³-hybridized carbons (Fsp3) is 0.235. The molecule has 0 atom stereocenters. The van der Waals surface area contributed by atoms with Crippen LogP contribution in [-0.4, -0.2) is 27.2 Å². The van der Waals surface area contributed by atoms with Crippen molar-refractivity contribution in [2.75, 3.05) is 6.54 Å². The second-order valence-electron chi connectivity index (χ2n) is 5.42. The molecule has 118 valence electrons. The number of aromatic amines is 1. The molecule has 0 unspecified atom stereocenters. The number of benzene rings is 1.